The topological polar surface area (TPSA) is 124 Å². The Labute approximate surface area is 202 Å². The van der Waals surface area contributed by atoms with Gasteiger partial charge in [-0.25, -0.2) is 25.3 Å². The van der Waals surface area contributed by atoms with Crippen molar-refractivity contribution in [1.82, 2.24) is 3.12 Å². The molecule has 0 aromatic heterocycles. The highest BCUT2D eigenvalue weighted by Gasteiger charge is 2.45. The average molecular weight is 532 g/mol. The number of allylic oxidation sites excluding steroid dienone is 2. The van der Waals surface area contributed by atoms with Crippen LogP contribution in [-0.2, 0) is 30.1 Å². The summed E-state index contributed by atoms with van der Waals surface area (Å²) in [5.41, 5.74) is 1.05. The first kappa shape index (κ1) is 27.8. The second-order valence-electron chi connectivity index (χ2n) is 7.40. The first-order valence-corrected chi connectivity index (χ1v) is 14.8. The highest BCUT2D eigenvalue weighted by atomic mass is 32.3. The van der Waals surface area contributed by atoms with Crippen LogP contribution < -0.4 is 9.47 Å². The molecule has 0 saturated carbocycles. The minimum Gasteiger partial charge on any atom is -0.497 e. The molecule has 9 nitrogen and oxygen atoms in total. The van der Waals surface area contributed by atoms with Gasteiger partial charge in [-0.3, -0.25) is 0 Å². The zero-order valence-electron chi connectivity index (χ0n) is 19.5. The molecule has 0 fully saturated rings. The molecule has 0 unspecified atom stereocenters. The number of unbranched alkanes of at least 4 members (excludes halogenated alkanes) is 1. The van der Waals surface area contributed by atoms with Crippen LogP contribution in [-0.4, -0.2) is 48.3 Å². The zero-order valence-corrected chi connectivity index (χ0v) is 21.9. The summed E-state index contributed by atoms with van der Waals surface area (Å²) in [4.78, 5) is -1.00. The van der Waals surface area contributed by atoms with Crippen LogP contribution in [0.25, 0.3) is 0 Å². The van der Waals surface area contributed by atoms with Crippen molar-refractivity contribution in [2.45, 2.75) is 42.9 Å². The highest BCUT2D eigenvalue weighted by Crippen LogP contribution is 2.30. The van der Waals surface area contributed by atoms with Crippen molar-refractivity contribution in [3.63, 3.8) is 0 Å². The Morgan fingerprint density at radius 3 is 1.53 bits per heavy atom. The lowest BCUT2D eigenvalue weighted by atomic mass is 10.1. The van der Waals surface area contributed by atoms with E-state index in [9.17, 15) is 25.3 Å². The molecule has 2 aromatic carbocycles. The van der Waals surface area contributed by atoms with Gasteiger partial charge in [0.1, 0.15) is 11.5 Å². The van der Waals surface area contributed by atoms with Crippen LogP contribution in [0, 0.1) is 0 Å². The monoisotopic (exact) mass is 531 g/mol. The van der Waals surface area contributed by atoms with Crippen LogP contribution in [0.5, 0.6) is 11.5 Å². The maximum absolute atomic E-state index is 13.4. The van der Waals surface area contributed by atoms with Crippen molar-refractivity contribution < 1.29 is 34.7 Å². The smallest absolute Gasteiger partial charge is 0.270 e. The van der Waals surface area contributed by atoms with Gasteiger partial charge in [0.25, 0.3) is 20.0 Å². The van der Waals surface area contributed by atoms with Gasteiger partial charge in [0.2, 0.25) is 10.0 Å². The van der Waals surface area contributed by atoms with Crippen molar-refractivity contribution in [1.29, 1.82) is 0 Å². The van der Waals surface area contributed by atoms with Crippen LogP contribution in [0.1, 0.15) is 33.1 Å². The quantitative estimate of drug-likeness (QED) is 0.301. The summed E-state index contributed by atoms with van der Waals surface area (Å²) < 4.78 is 89.7. The predicted octanol–water partition coefficient (Wildman–Crippen LogP) is 3.55. The SMILES string of the molecule is C/C=C(\C)CCCCS(=O)(=O)N(S(=O)(=O)c1ccc(OC)cc1)S(=O)(=O)c1ccc(OC)cc1. The third kappa shape index (κ3) is 6.38. The van der Waals surface area contributed by atoms with E-state index in [1.807, 2.05) is 19.9 Å². The molecule has 0 heterocycles. The molecule has 0 aliphatic carbocycles. The Balaban J connectivity index is 2.57. The molecule has 0 aliphatic rings. The average Bonchev–Trinajstić information content (AvgIpc) is 2.81. The van der Waals surface area contributed by atoms with E-state index in [1.54, 1.807) is 0 Å². The van der Waals surface area contributed by atoms with Crippen LogP contribution in [0.15, 0.2) is 70.0 Å². The minimum absolute atomic E-state index is 0.0836. The van der Waals surface area contributed by atoms with Gasteiger partial charge in [-0.1, -0.05) is 11.6 Å². The number of nitrogens with zero attached hydrogens (tertiary/aromatic N) is 1. The van der Waals surface area contributed by atoms with Gasteiger partial charge in [-0.15, -0.1) is 0 Å². The first-order chi connectivity index (χ1) is 15.9. The van der Waals surface area contributed by atoms with Crippen LogP contribution in [0.3, 0.4) is 0 Å². The normalized spacial score (nSPS) is 13.1. The highest BCUT2D eigenvalue weighted by molar-refractivity contribution is 8.17. The van der Waals surface area contributed by atoms with E-state index >= 15 is 0 Å². The predicted molar refractivity (Wildman–Crippen MR) is 129 cm³/mol. The van der Waals surface area contributed by atoms with Crippen LogP contribution in [0.2, 0.25) is 0 Å². The van der Waals surface area contributed by atoms with E-state index in [4.69, 9.17) is 9.47 Å². The van der Waals surface area contributed by atoms with Gasteiger partial charge >= 0.3 is 0 Å². The molecule has 0 spiro atoms. The summed E-state index contributed by atoms with van der Waals surface area (Å²) in [6.07, 6.45) is 3.04. The number of hydrogen-bond donors (Lipinski definition) is 0. The van der Waals surface area contributed by atoms with Crippen molar-refractivity contribution in [3.8, 4) is 11.5 Å². The number of rotatable bonds is 12. The fraction of sp³-hybridized carbons (Fsp3) is 0.364. The molecule has 2 rings (SSSR count). The fourth-order valence-electron chi connectivity index (χ4n) is 3.00. The van der Waals surface area contributed by atoms with Gasteiger partial charge in [0, 0.05) is 3.12 Å². The van der Waals surface area contributed by atoms with Crippen molar-refractivity contribution in [3.05, 3.63) is 60.2 Å². The van der Waals surface area contributed by atoms with Gasteiger partial charge in [0.15, 0.2) is 0 Å². The number of benzene rings is 2. The van der Waals surface area contributed by atoms with Gasteiger partial charge < -0.3 is 9.47 Å². The third-order valence-electron chi connectivity index (χ3n) is 5.05. The number of methoxy groups -OCH3 is 2. The Morgan fingerprint density at radius 1 is 0.765 bits per heavy atom. The lowest BCUT2D eigenvalue weighted by molar-refractivity contribution is 0.414. The Kier molecular flexibility index (Phi) is 9.29. The lowest BCUT2D eigenvalue weighted by Gasteiger charge is -2.22. The molecule has 12 heteroatoms. The Morgan fingerprint density at radius 2 is 1.18 bits per heavy atom. The largest absolute Gasteiger partial charge is 0.497 e. The van der Waals surface area contributed by atoms with E-state index < -0.39 is 45.6 Å². The fourth-order valence-corrected chi connectivity index (χ4v) is 9.93. The summed E-state index contributed by atoms with van der Waals surface area (Å²) in [5, 5.41) is 0. The maximum Gasteiger partial charge on any atom is 0.270 e. The molecule has 0 bridgehead atoms. The van der Waals surface area contributed by atoms with Crippen LogP contribution >= 0.6 is 0 Å². The van der Waals surface area contributed by atoms with Crippen LogP contribution in [0.4, 0.5) is 0 Å². The maximum atomic E-state index is 13.4. The Bertz CT molecular complexity index is 1240. The van der Waals surface area contributed by atoms with Gasteiger partial charge in [-0.2, -0.15) is 0 Å². The van der Waals surface area contributed by atoms with E-state index in [0.29, 0.717) is 24.3 Å². The molecule has 0 radical (unpaired) electrons. The number of ether oxygens (including phenoxy) is 2. The molecule has 188 valence electrons. The zero-order chi connectivity index (χ0) is 25.6. The summed E-state index contributed by atoms with van der Waals surface area (Å²) in [6.45, 7) is 3.75. The van der Waals surface area contributed by atoms with Crippen molar-refractivity contribution in [2.75, 3.05) is 20.0 Å². The summed E-state index contributed by atoms with van der Waals surface area (Å²) in [5.74, 6) is -0.00850. The second-order valence-corrected chi connectivity index (χ2v) is 13.6. The second kappa shape index (κ2) is 11.3. The van der Waals surface area contributed by atoms with Crippen molar-refractivity contribution in [2.24, 2.45) is 0 Å². The molecule has 0 aliphatic heterocycles. The van der Waals surface area contributed by atoms with E-state index in [1.165, 1.54) is 38.5 Å². The Hall–Kier alpha value is -2.41. The van der Waals surface area contributed by atoms with Crippen molar-refractivity contribution >= 4 is 30.1 Å². The summed E-state index contributed by atoms with van der Waals surface area (Å²) in [6, 6.07) is 9.58. The standard InChI is InChI=1S/C22H29NO8S3/c1-5-18(2)8-6-7-17-32(24,25)23(33(26,27)21-13-9-19(30-3)10-14-21)34(28,29)22-15-11-20(31-4)12-16-22/h5,9-16H,6-8,17H2,1-4H3/b18-5+. The minimum atomic E-state index is -5.00. The summed E-state index contributed by atoms with van der Waals surface area (Å²) in [7, 11) is -12.0. The van der Waals surface area contributed by atoms with E-state index in [2.05, 4.69) is 0 Å². The molecule has 0 amide bonds. The molecule has 0 atom stereocenters. The van der Waals surface area contributed by atoms with Gasteiger partial charge in [0.05, 0.1) is 29.8 Å². The third-order valence-corrected chi connectivity index (χ3v) is 12.5. The van der Waals surface area contributed by atoms with E-state index in [0.717, 1.165) is 29.8 Å². The lowest BCUT2D eigenvalue weighted by Crippen LogP contribution is -2.42. The molecule has 0 saturated heterocycles. The van der Waals surface area contributed by atoms with E-state index in [-0.39, 0.29) is 9.54 Å². The van der Waals surface area contributed by atoms with Gasteiger partial charge in [-0.05, 0) is 81.6 Å². The first-order valence-electron chi connectivity index (χ1n) is 10.3. The number of hydrogen-bond acceptors (Lipinski definition) is 8. The number of sulfonamides is 3. The molecular formula is C22H29NO8S3. The molecular weight excluding hydrogens is 502 g/mol. The molecule has 34 heavy (non-hydrogen) atoms. The summed E-state index contributed by atoms with van der Waals surface area (Å²) >= 11 is 0. The molecule has 2 aromatic rings. The molecule has 0 N–H and O–H groups in total.